The van der Waals surface area contributed by atoms with Gasteiger partial charge in [0.25, 0.3) is 0 Å². The van der Waals surface area contributed by atoms with Crippen LogP contribution in [0.25, 0.3) is 0 Å². The monoisotopic (exact) mass is 307 g/mol. The second-order valence-corrected chi connectivity index (χ2v) is 6.48. The summed E-state index contributed by atoms with van der Waals surface area (Å²) in [6.45, 7) is 7.85. The van der Waals surface area contributed by atoms with Crippen LogP contribution in [0.1, 0.15) is 31.9 Å². The first-order valence-electron chi connectivity index (χ1n) is 7.69. The van der Waals surface area contributed by atoms with Crippen LogP contribution in [-0.4, -0.2) is 42.9 Å². The van der Waals surface area contributed by atoms with Gasteiger partial charge in [-0.25, -0.2) is 4.79 Å². The smallest absolute Gasteiger partial charge is 0.317 e. The lowest BCUT2D eigenvalue weighted by Gasteiger charge is -2.15. The summed E-state index contributed by atoms with van der Waals surface area (Å²) >= 11 is 1.81. The highest BCUT2D eigenvalue weighted by Gasteiger charge is 2.18. The van der Waals surface area contributed by atoms with E-state index in [1.807, 2.05) is 4.90 Å². The Balaban J connectivity index is 1.75. The Morgan fingerprint density at radius 2 is 2.14 bits per heavy atom. The van der Waals surface area contributed by atoms with Crippen molar-refractivity contribution in [1.29, 1.82) is 0 Å². The minimum atomic E-state index is 0.0711. The summed E-state index contributed by atoms with van der Waals surface area (Å²) in [6, 6.07) is 9.21. The van der Waals surface area contributed by atoms with Gasteiger partial charge in [0, 0.05) is 36.3 Å². The molecule has 1 heterocycles. The summed E-state index contributed by atoms with van der Waals surface area (Å²) in [7, 11) is 0. The minimum Gasteiger partial charge on any atom is -0.336 e. The third-order valence-corrected chi connectivity index (χ3v) is 4.65. The third-order valence-electron chi connectivity index (χ3n) is 3.66. The highest BCUT2D eigenvalue weighted by Crippen LogP contribution is 2.21. The molecule has 116 valence electrons. The van der Waals surface area contributed by atoms with Gasteiger partial charge in [0.05, 0.1) is 0 Å². The Morgan fingerprint density at radius 1 is 1.38 bits per heavy atom. The van der Waals surface area contributed by atoms with Gasteiger partial charge in [-0.05, 0) is 37.6 Å². The third kappa shape index (κ3) is 4.93. The average molecular weight is 307 g/mol. The molecule has 5 heteroatoms. The molecule has 4 nitrogen and oxygen atoms in total. The Morgan fingerprint density at radius 3 is 2.76 bits per heavy atom. The molecule has 0 spiro atoms. The van der Waals surface area contributed by atoms with Crippen molar-refractivity contribution in [2.45, 2.75) is 31.2 Å². The number of benzene rings is 1. The summed E-state index contributed by atoms with van der Waals surface area (Å²) in [6.07, 6.45) is 1.16. The lowest BCUT2D eigenvalue weighted by molar-refractivity contribution is 0.220. The molecule has 1 aromatic rings. The van der Waals surface area contributed by atoms with E-state index in [-0.39, 0.29) is 6.03 Å². The van der Waals surface area contributed by atoms with Crippen molar-refractivity contribution in [3.05, 3.63) is 29.8 Å². The molecule has 1 aliphatic rings. The van der Waals surface area contributed by atoms with Gasteiger partial charge in [-0.1, -0.05) is 19.1 Å². The topological polar surface area (TPSA) is 44.4 Å². The second kappa shape index (κ2) is 8.29. The average Bonchev–Trinajstić information content (AvgIpc) is 2.91. The first-order valence-corrected chi connectivity index (χ1v) is 8.68. The Bertz CT molecular complexity index is 449. The van der Waals surface area contributed by atoms with Gasteiger partial charge in [-0.2, -0.15) is 0 Å². The van der Waals surface area contributed by atoms with E-state index in [0.717, 1.165) is 38.4 Å². The molecule has 1 atom stereocenters. The number of hydrogen-bond acceptors (Lipinski definition) is 3. The normalized spacial score (nSPS) is 16.1. The number of carbonyl (C=O) groups is 1. The fraction of sp³-hybridized carbons (Fsp3) is 0.562. The van der Waals surface area contributed by atoms with Crippen molar-refractivity contribution < 1.29 is 4.79 Å². The van der Waals surface area contributed by atoms with Crippen LogP contribution in [0, 0.1) is 0 Å². The fourth-order valence-corrected chi connectivity index (χ4v) is 3.21. The summed E-state index contributed by atoms with van der Waals surface area (Å²) in [5.41, 5.74) is 1.33. The number of carbonyl (C=O) groups excluding carboxylic acids is 1. The van der Waals surface area contributed by atoms with Crippen LogP contribution in [0.3, 0.4) is 0 Å². The zero-order chi connectivity index (χ0) is 15.1. The van der Waals surface area contributed by atoms with E-state index >= 15 is 0 Å². The SMILES string of the molecule is CCCNC(C)c1ccc(SCCN2CCNC2=O)cc1. The van der Waals surface area contributed by atoms with Crippen LogP contribution >= 0.6 is 11.8 Å². The zero-order valence-electron chi connectivity index (χ0n) is 12.9. The Kier molecular flexibility index (Phi) is 6.39. The summed E-state index contributed by atoms with van der Waals surface area (Å²) < 4.78 is 0. The molecule has 21 heavy (non-hydrogen) atoms. The molecule has 2 rings (SSSR count). The molecule has 0 bridgehead atoms. The van der Waals surface area contributed by atoms with Crippen molar-refractivity contribution in [3.63, 3.8) is 0 Å². The van der Waals surface area contributed by atoms with E-state index in [4.69, 9.17) is 0 Å². The van der Waals surface area contributed by atoms with Crippen LogP contribution < -0.4 is 10.6 Å². The van der Waals surface area contributed by atoms with Gasteiger partial charge in [-0.3, -0.25) is 0 Å². The molecule has 1 unspecified atom stereocenters. The number of rotatable bonds is 8. The molecule has 1 aliphatic heterocycles. The number of nitrogens with one attached hydrogen (secondary N) is 2. The quantitative estimate of drug-likeness (QED) is 0.726. The molecule has 0 aromatic heterocycles. The van der Waals surface area contributed by atoms with E-state index in [2.05, 4.69) is 48.7 Å². The van der Waals surface area contributed by atoms with Crippen LogP contribution in [-0.2, 0) is 0 Å². The first-order chi connectivity index (χ1) is 10.2. The molecular formula is C16H25N3OS. The maximum atomic E-state index is 11.4. The van der Waals surface area contributed by atoms with Gasteiger partial charge >= 0.3 is 6.03 Å². The van der Waals surface area contributed by atoms with Gasteiger partial charge in [0.15, 0.2) is 0 Å². The molecule has 1 saturated heterocycles. The molecule has 0 saturated carbocycles. The van der Waals surface area contributed by atoms with E-state index in [9.17, 15) is 4.79 Å². The highest BCUT2D eigenvalue weighted by molar-refractivity contribution is 7.99. The van der Waals surface area contributed by atoms with Crippen molar-refractivity contribution in [3.8, 4) is 0 Å². The van der Waals surface area contributed by atoms with Gasteiger partial charge < -0.3 is 15.5 Å². The van der Waals surface area contributed by atoms with Crippen molar-refractivity contribution in [2.24, 2.45) is 0 Å². The van der Waals surface area contributed by atoms with E-state index in [1.165, 1.54) is 10.5 Å². The number of nitrogens with zero attached hydrogens (tertiary/aromatic N) is 1. The summed E-state index contributed by atoms with van der Waals surface area (Å²) in [4.78, 5) is 14.6. The highest BCUT2D eigenvalue weighted by atomic mass is 32.2. The number of amides is 2. The molecular weight excluding hydrogens is 282 g/mol. The van der Waals surface area contributed by atoms with Crippen LogP contribution in [0.5, 0.6) is 0 Å². The zero-order valence-corrected chi connectivity index (χ0v) is 13.7. The van der Waals surface area contributed by atoms with Crippen LogP contribution in [0.4, 0.5) is 4.79 Å². The molecule has 2 amide bonds. The number of thioether (sulfide) groups is 1. The maximum Gasteiger partial charge on any atom is 0.317 e. The van der Waals surface area contributed by atoms with Crippen molar-refractivity contribution in [2.75, 3.05) is 31.9 Å². The standard InChI is InChI=1S/C16H25N3OS/c1-3-8-17-13(2)14-4-6-15(7-5-14)21-12-11-19-10-9-18-16(19)20/h4-7,13,17H,3,8-12H2,1-2H3,(H,18,20). The largest absolute Gasteiger partial charge is 0.336 e. The van der Waals surface area contributed by atoms with E-state index < -0.39 is 0 Å². The fourth-order valence-electron chi connectivity index (χ4n) is 2.33. The first kappa shape index (κ1) is 16.2. The molecule has 0 radical (unpaired) electrons. The van der Waals surface area contributed by atoms with Gasteiger partial charge in [0.1, 0.15) is 0 Å². The summed E-state index contributed by atoms with van der Waals surface area (Å²) in [5.74, 6) is 0.941. The Labute approximate surface area is 131 Å². The lowest BCUT2D eigenvalue weighted by atomic mass is 10.1. The number of hydrogen-bond donors (Lipinski definition) is 2. The molecule has 0 aliphatic carbocycles. The maximum absolute atomic E-state index is 11.4. The predicted molar refractivity (Wildman–Crippen MR) is 88.8 cm³/mol. The molecule has 1 fully saturated rings. The van der Waals surface area contributed by atoms with Gasteiger partial charge in [-0.15, -0.1) is 11.8 Å². The van der Waals surface area contributed by atoms with Crippen molar-refractivity contribution >= 4 is 17.8 Å². The Hall–Kier alpha value is -1.20. The summed E-state index contributed by atoms with van der Waals surface area (Å²) in [5, 5.41) is 6.32. The van der Waals surface area contributed by atoms with Crippen LogP contribution in [0.2, 0.25) is 0 Å². The van der Waals surface area contributed by atoms with E-state index in [0.29, 0.717) is 6.04 Å². The van der Waals surface area contributed by atoms with Gasteiger partial charge in [0.2, 0.25) is 0 Å². The number of urea groups is 1. The van der Waals surface area contributed by atoms with Crippen LogP contribution in [0.15, 0.2) is 29.2 Å². The lowest BCUT2D eigenvalue weighted by Crippen LogP contribution is -2.30. The molecule has 2 N–H and O–H groups in total. The minimum absolute atomic E-state index is 0.0711. The second-order valence-electron chi connectivity index (χ2n) is 5.31. The van der Waals surface area contributed by atoms with E-state index in [1.54, 1.807) is 11.8 Å². The predicted octanol–water partition coefficient (Wildman–Crippen LogP) is 2.86. The van der Waals surface area contributed by atoms with Crippen molar-refractivity contribution in [1.82, 2.24) is 15.5 Å². The molecule has 1 aromatic carbocycles.